The molecule has 2 heterocycles. The summed E-state index contributed by atoms with van der Waals surface area (Å²) in [6, 6.07) is 1.92. The summed E-state index contributed by atoms with van der Waals surface area (Å²) in [5, 5.41) is 11.3. The molecule has 0 unspecified atom stereocenters. The van der Waals surface area contributed by atoms with E-state index in [1.807, 2.05) is 18.4 Å². The highest BCUT2D eigenvalue weighted by molar-refractivity contribution is 7.13. The predicted octanol–water partition coefficient (Wildman–Crippen LogP) is 3.72. The maximum Gasteiger partial charge on any atom is 0.235 e. The molecule has 3 rings (SSSR count). The summed E-state index contributed by atoms with van der Waals surface area (Å²) in [6.45, 7) is 1.96. The topological polar surface area (TPSA) is 55.2 Å². The van der Waals surface area contributed by atoms with Crippen molar-refractivity contribution in [3.8, 4) is 16.5 Å². The molecular formula is C16H20N2O2S. The Balaban J connectivity index is 1.79. The van der Waals surface area contributed by atoms with Gasteiger partial charge in [-0.2, -0.15) is 0 Å². The maximum absolute atomic E-state index is 9.34. The number of aliphatic hydroxyl groups is 1. The van der Waals surface area contributed by atoms with Gasteiger partial charge in [-0.1, -0.05) is 6.42 Å². The van der Waals surface area contributed by atoms with Crippen LogP contribution in [-0.2, 0) is 6.61 Å². The first kappa shape index (κ1) is 14.5. The summed E-state index contributed by atoms with van der Waals surface area (Å²) in [4.78, 5) is 10.0. The van der Waals surface area contributed by atoms with Crippen LogP contribution in [-0.4, -0.2) is 21.2 Å². The van der Waals surface area contributed by atoms with E-state index in [4.69, 9.17) is 4.74 Å². The molecule has 4 nitrogen and oxygen atoms in total. The van der Waals surface area contributed by atoms with Gasteiger partial charge in [-0.15, -0.1) is 11.3 Å². The minimum absolute atomic E-state index is 0.0277. The van der Waals surface area contributed by atoms with Crippen LogP contribution in [0.25, 0.3) is 10.6 Å². The first-order chi connectivity index (χ1) is 10.3. The number of hydrogen-bond acceptors (Lipinski definition) is 5. The van der Waals surface area contributed by atoms with Crippen molar-refractivity contribution in [2.24, 2.45) is 0 Å². The SMILES string of the molecule is Cc1nc(-c2sccc2CO)cnc1OC1CCCCC1. The lowest BCUT2D eigenvalue weighted by Crippen LogP contribution is -2.20. The molecule has 0 amide bonds. The van der Waals surface area contributed by atoms with Gasteiger partial charge in [-0.25, -0.2) is 9.97 Å². The van der Waals surface area contributed by atoms with Crippen LogP contribution in [0.3, 0.4) is 0 Å². The molecule has 1 N–H and O–H groups in total. The van der Waals surface area contributed by atoms with E-state index >= 15 is 0 Å². The van der Waals surface area contributed by atoms with Gasteiger partial charge in [0.05, 0.1) is 23.4 Å². The molecule has 1 saturated carbocycles. The third kappa shape index (κ3) is 3.24. The molecular weight excluding hydrogens is 284 g/mol. The Morgan fingerprint density at radius 2 is 2.14 bits per heavy atom. The van der Waals surface area contributed by atoms with E-state index in [-0.39, 0.29) is 12.7 Å². The Morgan fingerprint density at radius 1 is 1.33 bits per heavy atom. The molecule has 1 fully saturated rings. The Kier molecular flexibility index (Phi) is 4.51. The number of hydrogen-bond donors (Lipinski definition) is 1. The second kappa shape index (κ2) is 6.54. The molecule has 0 spiro atoms. The van der Waals surface area contributed by atoms with Gasteiger partial charge in [0.1, 0.15) is 11.8 Å². The van der Waals surface area contributed by atoms with Crippen molar-refractivity contribution in [3.63, 3.8) is 0 Å². The van der Waals surface area contributed by atoms with Crippen LogP contribution in [0.4, 0.5) is 0 Å². The van der Waals surface area contributed by atoms with E-state index in [0.29, 0.717) is 5.88 Å². The van der Waals surface area contributed by atoms with Crippen molar-refractivity contribution in [1.82, 2.24) is 9.97 Å². The summed E-state index contributed by atoms with van der Waals surface area (Å²) in [7, 11) is 0. The standard InChI is InChI=1S/C16H20N2O2S/c1-11-16(20-13-5-3-2-4-6-13)17-9-14(18-11)15-12(10-19)7-8-21-15/h7-9,13,19H,2-6,10H2,1H3. The highest BCUT2D eigenvalue weighted by atomic mass is 32.1. The molecule has 1 aliphatic carbocycles. The molecule has 21 heavy (non-hydrogen) atoms. The van der Waals surface area contributed by atoms with Gasteiger partial charge in [-0.05, 0) is 49.6 Å². The number of aryl methyl sites for hydroxylation is 1. The lowest BCUT2D eigenvalue weighted by Gasteiger charge is -2.22. The minimum Gasteiger partial charge on any atom is -0.473 e. The zero-order valence-electron chi connectivity index (χ0n) is 12.2. The number of aliphatic hydroxyl groups excluding tert-OH is 1. The van der Waals surface area contributed by atoms with Crippen LogP contribution < -0.4 is 4.74 Å². The molecule has 0 radical (unpaired) electrons. The van der Waals surface area contributed by atoms with Crippen LogP contribution in [0.5, 0.6) is 5.88 Å². The molecule has 5 heteroatoms. The Labute approximate surface area is 128 Å². The maximum atomic E-state index is 9.34. The number of rotatable bonds is 4. The summed E-state index contributed by atoms with van der Waals surface area (Å²) in [6.07, 6.45) is 8.05. The highest BCUT2D eigenvalue weighted by Gasteiger charge is 2.17. The van der Waals surface area contributed by atoms with E-state index < -0.39 is 0 Å². The largest absolute Gasteiger partial charge is 0.473 e. The van der Waals surface area contributed by atoms with Crippen molar-refractivity contribution in [1.29, 1.82) is 0 Å². The van der Waals surface area contributed by atoms with Crippen LogP contribution in [0.2, 0.25) is 0 Å². The quantitative estimate of drug-likeness (QED) is 0.935. The highest BCUT2D eigenvalue weighted by Crippen LogP contribution is 2.30. The fourth-order valence-electron chi connectivity index (χ4n) is 2.72. The minimum atomic E-state index is 0.0277. The van der Waals surface area contributed by atoms with Gasteiger partial charge in [0, 0.05) is 0 Å². The van der Waals surface area contributed by atoms with E-state index in [1.165, 1.54) is 19.3 Å². The molecule has 0 saturated heterocycles. The fraction of sp³-hybridized carbons (Fsp3) is 0.500. The average Bonchev–Trinajstić information content (AvgIpc) is 2.99. The smallest absolute Gasteiger partial charge is 0.235 e. The van der Waals surface area contributed by atoms with Crippen LogP contribution >= 0.6 is 11.3 Å². The van der Waals surface area contributed by atoms with Gasteiger partial charge >= 0.3 is 0 Å². The molecule has 1 aliphatic rings. The van der Waals surface area contributed by atoms with Crippen molar-refractivity contribution < 1.29 is 9.84 Å². The van der Waals surface area contributed by atoms with E-state index in [9.17, 15) is 5.11 Å². The number of ether oxygens (including phenoxy) is 1. The second-order valence-corrected chi connectivity index (χ2v) is 6.37. The van der Waals surface area contributed by atoms with Gasteiger partial charge in [-0.3, -0.25) is 0 Å². The third-order valence-electron chi connectivity index (χ3n) is 3.88. The van der Waals surface area contributed by atoms with E-state index in [0.717, 1.165) is 34.7 Å². The van der Waals surface area contributed by atoms with Crippen LogP contribution in [0.1, 0.15) is 43.4 Å². The molecule has 112 valence electrons. The lowest BCUT2D eigenvalue weighted by atomic mass is 9.98. The van der Waals surface area contributed by atoms with Gasteiger partial charge in [0.2, 0.25) is 5.88 Å². The summed E-state index contributed by atoms with van der Waals surface area (Å²) in [5.41, 5.74) is 2.52. The number of aromatic nitrogens is 2. The van der Waals surface area contributed by atoms with Gasteiger partial charge < -0.3 is 9.84 Å². The van der Waals surface area contributed by atoms with Crippen LogP contribution in [0, 0.1) is 6.92 Å². The van der Waals surface area contributed by atoms with E-state index in [2.05, 4.69) is 9.97 Å². The molecule has 2 aromatic rings. The average molecular weight is 304 g/mol. The molecule has 2 aromatic heterocycles. The van der Waals surface area contributed by atoms with Gasteiger partial charge in [0.15, 0.2) is 0 Å². The Morgan fingerprint density at radius 3 is 2.86 bits per heavy atom. The molecule has 0 aliphatic heterocycles. The Bertz CT molecular complexity index is 606. The molecule has 0 atom stereocenters. The third-order valence-corrected chi connectivity index (χ3v) is 4.86. The summed E-state index contributed by atoms with van der Waals surface area (Å²) < 4.78 is 6.00. The van der Waals surface area contributed by atoms with Crippen LogP contribution in [0.15, 0.2) is 17.6 Å². The second-order valence-electron chi connectivity index (χ2n) is 5.46. The fourth-order valence-corrected chi connectivity index (χ4v) is 3.59. The molecule has 0 bridgehead atoms. The zero-order chi connectivity index (χ0) is 14.7. The Hall–Kier alpha value is -1.46. The van der Waals surface area contributed by atoms with Crippen molar-refractivity contribution >= 4 is 11.3 Å². The lowest BCUT2D eigenvalue weighted by molar-refractivity contribution is 0.147. The monoisotopic (exact) mass is 304 g/mol. The summed E-state index contributed by atoms with van der Waals surface area (Å²) >= 11 is 1.57. The number of thiophene rings is 1. The van der Waals surface area contributed by atoms with Crippen molar-refractivity contribution in [3.05, 3.63) is 28.9 Å². The van der Waals surface area contributed by atoms with E-state index in [1.54, 1.807) is 17.5 Å². The van der Waals surface area contributed by atoms with Crippen molar-refractivity contribution in [2.75, 3.05) is 0 Å². The normalized spacial score (nSPS) is 16.1. The van der Waals surface area contributed by atoms with Crippen molar-refractivity contribution in [2.45, 2.75) is 51.7 Å². The summed E-state index contributed by atoms with van der Waals surface area (Å²) in [5.74, 6) is 0.646. The zero-order valence-corrected chi connectivity index (χ0v) is 13.0. The molecule has 0 aromatic carbocycles. The first-order valence-electron chi connectivity index (χ1n) is 7.46. The first-order valence-corrected chi connectivity index (χ1v) is 8.34. The predicted molar refractivity (Wildman–Crippen MR) is 83.5 cm³/mol. The number of nitrogens with zero attached hydrogens (tertiary/aromatic N) is 2. The van der Waals surface area contributed by atoms with Gasteiger partial charge in [0.25, 0.3) is 0 Å².